The maximum Gasteiger partial charge on any atom is 0.414 e. The first-order chi connectivity index (χ1) is 10.3. The van der Waals surface area contributed by atoms with Crippen molar-refractivity contribution in [1.82, 2.24) is 14.8 Å². The van der Waals surface area contributed by atoms with Gasteiger partial charge in [0.1, 0.15) is 0 Å². The number of nitrogens with zero attached hydrogens (tertiary/aromatic N) is 2. The monoisotopic (exact) mass is 285 g/mol. The Kier molecular flexibility index (Phi) is 2.89. The lowest BCUT2D eigenvalue weighted by Crippen LogP contribution is -2.34. The van der Waals surface area contributed by atoms with E-state index in [-0.39, 0.29) is 6.09 Å². The van der Waals surface area contributed by atoms with Crippen LogP contribution in [0.5, 0.6) is 0 Å². The summed E-state index contributed by atoms with van der Waals surface area (Å²) >= 11 is 0. The highest BCUT2D eigenvalue weighted by Crippen LogP contribution is 2.38. The van der Waals surface area contributed by atoms with Gasteiger partial charge in [-0.15, -0.1) is 0 Å². The van der Waals surface area contributed by atoms with Gasteiger partial charge in [0.05, 0.1) is 19.2 Å². The van der Waals surface area contributed by atoms with E-state index in [0.717, 1.165) is 19.5 Å². The van der Waals surface area contributed by atoms with Crippen molar-refractivity contribution in [3.63, 3.8) is 0 Å². The molecule has 5 nitrogen and oxygen atoms in total. The number of rotatable bonds is 1. The first kappa shape index (κ1) is 12.7. The van der Waals surface area contributed by atoms with Crippen molar-refractivity contribution >= 4 is 18.2 Å². The smallest absolute Gasteiger partial charge is 0.414 e. The molecule has 0 aromatic carbocycles. The summed E-state index contributed by atoms with van der Waals surface area (Å²) in [6, 6.07) is 0.411. The van der Waals surface area contributed by atoms with E-state index in [2.05, 4.69) is 22.0 Å². The Balaban J connectivity index is 1.77. The zero-order valence-electron chi connectivity index (χ0n) is 12.1. The van der Waals surface area contributed by atoms with E-state index in [1.54, 1.807) is 4.90 Å². The van der Waals surface area contributed by atoms with Crippen LogP contribution >= 0.6 is 0 Å². The number of nitrogens with one attached hydrogen (secondary N) is 1. The number of hydrogen-bond donors (Lipinski definition) is 1. The third kappa shape index (κ3) is 1.84. The molecular formula is C16H19N3O2. The van der Waals surface area contributed by atoms with Crippen molar-refractivity contribution in [3.05, 3.63) is 34.8 Å². The Hall–Kier alpha value is -2.01. The summed E-state index contributed by atoms with van der Waals surface area (Å²) in [5.74, 6) is 0. The molecule has 1 aliphatic carbocycles. The molecule has 3 heterocycles. The Morgan fingerprint density at radius 2 is 2.38 bits per heavy atom. The molecule has 2 aliphatic heterocycles. The van der Waals surface area contributed by atoms with Gasteiger partial charge < -0.3 is 14.6 Å². The van der Waals surface area contributed by atoms with Crippen LogP contribution < -0.4 is 5.32 Å². The van der Waals surface area contributed by atoms with Crippen LogP contribution in [-0.4, -0.2) is 28.7 Å². The molecule has 0 radical (unpaired) electrons. The minimum Gasteiger partial charge on any atom is -0.449 e. The Morgan fingerprint density at radius 1 is 1.48 bits per heavy atom. The van der Waals surface area contributed by atoms with Gasteiger partial charge in [0.25, 0.3) is 0 Å². The van der Waals surface area contributed by atoms with Crippen LogP contribution in [0.25, 0.3) is 12.2 Å². The largest absolute Gasteiger partial charge is 0.449 e. The molecular weight excluding hydrogens is 266 g/mol. The molecule has 0 saturated carbocycles. The predicted octanol–water partition coefficient (Wildman–Crippen LogP) is 2.49. The van der Waals surface area contributed by atoms with Crippen LogP contribution in [0.1, 0.15) is 41.9 Å². The molecule has 0 bridgehead atoms. The van der Waals surface area contributed by atoms with Gasteiger partial charge in [-0.3, -0.25) is 4.90 Å². The maximum atomic E-state index is 11.9. The van der Waals surface area contributed by atoms with E-state index in [1.165, 1.54) is 22.5 Å². The summed E-state index contributed by atoms with van der Waals surface area (Å²) in [5.41, 5.74) is 5.15. The Morgan fingerprint density at radius 3 is 3.24 bits per heavy atom. The van der Waals surface area contributed by atoms with Gasteiger partial charge in [-0.25, -0.2) is 4.79 Å². The van der Waals surface area contributed by atoms with Crippen LogP contribution in [0.4, 0.5) is 4.79 Å². The number of amides is 1. The number of fused-ring (bicyclic) bond motifs is 3. The van der Waals surface area contributed by atoms with E-state index < -0.39 is 0 Å². The van der Waals surface area contributed by atoms with Gasteiger partial charge >= 0.3 is 6.09 Å². The summed E-state index contributed by atoms with van der Waals surface area (Å²) in [4.78, 5) is 13.6. The molecule has 1 aromatic rings. The summed E-state index contributed by atoms with van der Waals surface area (Å²) < 4.78 is 7.52. The second-order valence-corrected chi connectivity index (χ2v) is 5.60. The van der Waals surface area contributed by atoms with E-state index in [9.17, 15) is 4.79 Å². The van der Waals surface area contributed by atoms with Crippen LogP contribution in [0, 0.1) is 0 Å². The van der Waals surface area contributed by atoms with Crippen molar-refractivity contribution in [1.29, 1.82) is 0 Å². The van der Waals surface area contributed by atoms with Crippen molar-refractivity contribution < 1.29 is 9.53 Å². The summed E-state index contributed by atoms with van der Waals surface area (Å²) in [6.07, 6.45) is 9.09. The molecule has 21 heavy (non-hydrogen) atoms. The number of carbonyl (C=O) groups is 1. The average Bonchev–Trinajstić information content (AvgIpc) is 2.84. The van der Waals surface area contributed by atoms with Gasteiger partial charge in [-0.05, 0) is 19.4 Å². The fraction of sp³-hybridized carbons (Fsp3) is 0.438. The highest BCUT2D eigenvalue weighted by atomic mass is 16.6. The fourth-order valence-electron chi connectivity index (χ4n) is 3.57. The molecule has 1 amide bonds. The molecule has 1 atom stereocenters. The maximum absolute atomic E-state index is 11.9. The van der Waals surface area contributed by atoms with E-state index >= 15 is 0 Å². The first-order valence-electron chi connectivity index (χ1n) is 7.56. The zero-order chi connectivity index (χ0) is 14.4. The van der Waals surface area contributed by atoms with Crippen molar-refractivity contribution in [3.8, 4) is 0 Å². The summed E-state index contributed by atoms with van der Waals surface area (Å²) in [6.45, 7) is 4.82. The van der Waals surface area contributed by atoms with E-state index in [4.69, 9.17) is 4.74 Å². The van der Waals surface area contributed by atoms with Crippen molar-refractivity contribution in [2.24, 2.45) is 0 Å². The predicted molar refractivity (Wildman–Crippen MR) is 80.4 cm³/mol. The van der Waals surface area contributed by atoms with E-state index in [0.29, 0.717) is 19.2 Å². The highest BCUT2D eigenvalue weighted by molar-refractivity contribution is 5.75. The first-order valence-corrected chi connectivity index (χ1v) is 7.56. The fourth-order valence-corrected chi connectivity index (χ4v) is 3.57. The number of ether oxygens (including phenoxy) is 1. The second kappa shape index (κ2) is 4.77. The van der Waals surface area contributed by atoms with Crippen LogP contribution in [-0.2, 0) is 17.8 Å². The molecule has 4 rings (SSSR count). The van der Waals surface area contributed by atoms with Crippen LogP contribution in [0.15, 0.2) is 12.3 Å². The van der Waals surface area contributed by atoms with E-state index in [1.807, 2.05) is 19.2 Å². The molecule has 0 spiro atoms. The van der Waals surface area contributed by atoms with Gasteiger partial charge in [0.15, 0.2) is 0 Å². The number of aromatic nitrogens is 1. The number of carbonyl (C=O) groups excluding carboxylic acids is 1. The zero-order valence-corrected chi connectivity index (χ0v) is 12.1. The molecule has 110 valence electrons. The molecule has 5 heteroatoms. The minimum atomic E-state index is -0.273. The topological polar surface area (TPSA) is 46.5 Å². The molecule has 1 unspecified atom stereocenters. The molecule has 0 saturated heterocycles. The van der Waals surface area contributed by atoms with Crippen LogP contribution in [0.3, 0.4) is 0 Å². The van der Waals surface area contributed by atoms with Gasteiger partial charge in [0, 0.05) is 41.8 Å². The third-order valence-corrected chi connectivity index (χ3v) is 4.45. The standard InChI is InChI=1S/C16H19N3O2/c1-2-21-16(20)18-8-6-14-12(10-18)11-4-3-5-13-15(11)19(14)9-7-17-13/h3-4,6,8,13,17H,2,5,7,9-10H2,1H3. The normalized spacial score (nSPS) is 22.0. The summed E-state index contributed by atoms with van der Waals surface area (Å²) in [7, 11) is 0. The molecule has 1 aromatic heterocycles. The van der Waals surface area contributed by atoms with Gasteiger partial charge in [-0.2, -0.15) is 0 Å². The molecule has 0 fully saturated rings. The van der Waals surface area contributed by atoms with Gasteiger partial charge in [-0.1, -0.05) is 12.2 Å². The second-order valence-electron chi connectivity index (χ2n) is 5.60. The quantitative estimate of drug-likeness (QED) is 0.862. The molecule has 1 N–H and O–H groups in total. The number of hydrogen-bond acceptors (Lipinski definition) is 3. The molecule has 3 aliphatic rings. The van der Waals surface area contributed by atoms with Crippen molar-refractivity contribution in [2.45, 2.75) is 32.5 Å². The third-order valence-electron chi connectivity index (χ3n) is 4.45. The average molecular weight is 285 g/mol. The lowest BCUT2D eigenvalue weighted by Gasteiger charge is -2.29. The van der Waals surface area contributed by atoms with Gasteiger partial charge in [0.2, 0.25) is 0 Å². The summed E-state index contributed by atoms with van der Waals surface area (Å²) in [5, 5.41) is 3.58. The lowest BCUT2D eigenvalue weighted by atomic mass is 9.95. The SMILES string of the molecule is CCOC(=O)N1C=Cc2c(c3c4n2CCNC4CC=C3)C1. The van der Waals surface area contributed by atoms with Crippen molar-refractivity contribution in [2.75, 3.05) is 13.2 Å². The highest BCUT2D eigenvalue weighted by Gasteiger charge is 2.32. The minimum absolute atomic E-state index is 0.273. The Bertz CT molecular complexity index is 657. The lowest BCUT2D eigenvalue weighted by molar-refractivity contribution is 0.120. The Labute approximate surface area is 123 Å². The van der Waals surface area contributed by atoms with Crippen LogP contribution in [0.2, 0.25) is 0 Å².